The van der Waals surface area contributed by atoms with Crippen LogP contribution in [0.15, 0.2) is 24.3 Å². The first kappa shape index (κ1) is 10.1. The van der Waals surface area contributed by atoms with Gasteiger partial charge in [0.05, 0.1) is 13.2 Å². The van der Waals surface area contributed by atoms with E-state index in [0.29, 0.717) is 6.04 Å². The van der Waals surface area contributed by atoms with Gasteiger partial charge in [-0.2, -0.15) is 0 Å². The first-order valence-electron chi connectivity index (χ1n) is 6.07. The molecule has 1 unspecified atom stereocenters. The van der Waals surface area contributed by atoms with Crippen LogP contribution in [0.4, 0.5) is 5.69 Å². The Kier molecular flexibility index (Phi) is 2.80. The van der Waals surface area contributed by atoms with Gasteiger partial charge in [-0.05, 0) is 18.1 Å². The van der Waals surface area contributed by atoms with Crippen LogP contribution in [0.3, 0.4) is 0 Å². The van der Waals surface area contributed by atoms with Crippen LogP contribution in [0.25, 0.3) is 0 Å². The topological polar surface area (TPSA) is 24.5 Å². The van der Waals surface area contributed by atoms with E-state index in [1.54, 1.807) is 0 Å². The monoisotopic (exact) mass is 218 g/mol. The van der Waals surface area contributed by atoms with Gasteiger partial charge in [0.15, 0.2) is 0 Å². The third-order valence-corrected chi connectivity index (χ3v) is 3.42. The van der Waals surface area contributed by atoms with Gasteiger partial charge in [0.2, 0.25) is 0 Å². The molecule has 86 valence electrons. The van der Waals surface area contributed by atoms with Crippen molar-refractivity contribution in [2.75, 3.05) is 37.7 Å². The Balaban J connectivity index is 1.68. The minimum absolute atomic E-state index is 0.486. The van der Waals surface area contributed by atoms with E-state index in [-0.39, 0.29) is 0 Å². The molecule has 0 spiro atoms. The Labute approximate surface area is 96.4 Å². The largest absolute Gasteiger partial charge is 0.378 e. The third-order valence-electron chi connectivity index (χ3n) is 3.42. The summed E-state index contributed by atoms with van der Waals surface area (Å²) in [6.07, 6.45) is 1.18. The van der Waals surface area contributed by atoms with Gasteiger partial charge in [-0.25, -0.2) is 0 Å². The molecule has 2 heterocycles. The molecular weight excluding hydrogens is 200 g/mol. The maximum Gasteiger partial charge on any atom is 0.0637 e. The molecule has 1 atom stereocenters. The molecule has 0 aromatic heterocycles. The predicted molar refractivity (Wildman–Crippen MR) is 65.0 cm³/mol. The smallest absolute Gasteiger partial charge is 0.0637 e. The molecule has 3 nitrogen and oxygen atoms in total. The van der Waals surface area contributed by atoms with Crippen LogP contribution in [0.1, 0.15) is 5.56 Å². The molecule has 0 saturated carbocycles. The van der Waals surface area contributed by atoms with Crippen LogP contribution < -0.4 is 10.2 Å². The zero-order valence-electron chi connectivity index (χ0n) is 9.48. The first-order chi connectivity index (χ1) is 7.93. The van der Waals surface area contributed by atoms with E-state index in [1.807, 2.05) is 0 Å². The van der Waals surface area contributed by atoms with E-state index in [0.717, 1.165) is 32.8 Å². The number of para-hydroxylation sites is 1. The maximum atomic E-state index is 5.49. The third kappa shape index (κ3) is 1.93. The standard InChI is InChI=1S/C13H18N2O/c1-2-4-13-11(3-1)5-7-15(13)9-12-10-16-8-6-14-12/h1-4,12,14H,5-10H2. The number of morpholine rings is 1. The fraction of sp³-hybridized carbons (Fsp3) is 0.538. The molecule has 16 heavy (non-hydrogen) atoms. The number of anilines is 1. The van der Waals surface area contributed by atoms with Crippen molar-refractivity contribution in [3.63, 3.8) is 0 Å². The summed E-state index contributed by atoms with van der Waals surface area (Å²) >= 11 is 0. The van der Waals surface area contributed by atoms with Gasteiger partial charge in [0.25, 0.3) is 0 Å². The van der Waals surface area contributed by atoms with Crippen LogP contribution >= 0.6 is 0 Å². The molecule has 2 aliphatic rings. The SMILES string of the molecule is c1ccc2c(c1)CCN2CC1COCCN1. The summed E-state index contributed by atoms with van der Waals surface area (Å²) < 4.78 is 5.49. The van der Waals surface area contributed by atoms with Crippen LogP contribution in [0.5, 0.6) is 0 Å². The molecular formula is C13H18N2O. The van der Waals surface area contributed by atoms with Gasteiger partial charge in [0, 0.05) is 31.4 Å². The van der Waals surface area contributed by atoms with Crippen LogP contribution in [-0.2, 0) is 11.2 Å². The normalized spacial score (nSPS) is 24.5. The number of nitrogens with zero attached hydrogens (tertiary/aromatic N) is 1. The predicted octanol–water partition coefficient (Wildman–Crippen LogP) is 1.04. The summed E-state index contributed by atoms with van der Waals surface area (Å²) in [5.74, 6) is 0. The van der Waals surface area contributed by atoms with Crippen molar-refractivity contribution < 1.29 is 4.74 Å². The zero-order valence-corrected chi connectivity index (χ0v) is 9.48. The number of nitrogens with one attached hydrogen (secondary N) is 1. The molecule has 3 heteroatoms. The van der Waals surface area contributed by atoms with E-state index in [2.05, 4.69) is 34.5 Å². The number of hydrogen-bond acceptors (Lipinski definition) is 3. The lowest BCUT2D eigenvalue weighted by atomic mass is 10.2. The maximum absolute atomic E-state index is 5.49. The Bertz CT molecular complexity index is 361. The van der Waals surface area contributed by atoms with Crippen LogP contribution in [0, 0.1) is 0 Å². The molecule has 3 rings (SSSR count). The molecule has 0 amide bonds. The Morgan fingerprint density at radius 3 is 3.19 bits per heavy atom. The van der Waals surface area contributed by atoms with Crippen LogP contribution in [0.2, 0.25) is 0 Å². The minimum Gasteiger partial charge on any atom is -0.378 e. The lowest BCUT2D eigenvalue weighted by Crippen LogP contribution is -2.48. The van der Waals surface area contributed by atoms with Crippen molar-refractivity contribution in [2.24, 2.45) is 0 Å². The van der Waals surface area contributed by atoms with E-state index < -0.39 is 0 Å². The van der Waals surface area contributed by atoms with Crippen molar-refractivity contribution >= 4 is 5.69 Å². The van der Waals surface area contributed by atoms with Crippen LogP contribution in [-0.4, -0.2) is 38.9 Å². The lowest BCUT2D eigenvalue weighted by Gasteiger charge is -2.29. The molecule has 1 aromatic carbocycles. The molecule has 1 aromatic rings. The first-order valence-corrected chi connectivity index (χ1v) is 6.07. The lowest BCUT2D eigenvalue weighted by molar-refractivity contribution is 0.0789. The summed E-state index contributed by atoms with van der Waals surface area (Å²) in [6.45, 7) is 4.90. The number of benzene rings is 1. The summed E-state index contributed by atoms with van der Waals surface area (Å²) in [6, 6.07) is 9.21. The molecule has 1 fully saturated rings. The highest BCUT2D eigenvalue weighted by molar-refractivity contribution is 5.57. The van der Waals surface area contributed by atoms with Gasteiger partial charge >= 0.3 is 0 Å². The number of hydrogen-bond donors (Lipinski definition) is 1. The van der Waals surface area contributed by atoms with Gasteiger partial charge in [0.1, 0.15) is 0 Å². The van der Waals surface area contributed by atoms with Gasteiger partial charge in [-0.15, -0.1) is 0 Å². The van der Waals surface area contributed by atoms with E-state index >= 15 is 0 Å². The van der Waals surface area contributed by atoms with Crippen molar-refractivity contribution in [3.8, 4) is 0 Å². The summed E-state index contributed by atoms with van der Waals surface area (Å²) in [7, 11) is 0. The summed E-state index contributed by atoms with van der Waals surface area (Å²) in [5.41, 5.74) is 2.90. The Hall–Kier alpha value is -1.06. The van der Waals surface area contributed by atoms with E-state index in [9.17, 15) is 0 Å². The van der Waals surface area contributed by atoms with Gasteiger partial charge in [-0.3, -0.25) is 0 Å². The second kappa shape index (κ2) is 4.44. The molecule has 0 radical (unpaired) electrons. The van der Waals surface area contributed by atoms with Crippen molar-refractivity contribution in [1.29, 1.82) is 0 Å². The molecule has 0 aliphatic carbocycles. The zero-order chi connectivity index (χ0) is 10.8. The fourth-order valence-electron chi connectivity index (χ4n) is 2.60. The summed E-state index contributed by atoms with van der Waals surface area (Å²) in [5, 5.41) is 3.51. The molecule has 2 aliphatic heterocycles. The molecule has 1 N–H and O–H groups in total. The second-order valence-corrected chi connectivity index (χ2v) is 4.55. The van der Waals surface area contributed by atoms with Crippen molar-refractivity contribution in [2.45, 2.75) is 12.5 Å². The highest BCUT2D eigenvalue weighted by Gasteiger charge is 2.22. The highest BCUT2D eigenvalue weighted by Crippen LogP contribution is 2.27. The van der Waals surface area contributed by atoms with Crippen molar-refractivity contribution in [1.82, 2.24) is 5.32 Å². The highest BCUT2D eigenvalue weighted by atomic mass is 16.5. The Morgan fingerprint density at radius 1 is 1.38 bits per heavy atom. The Morgan fingerprint density at radius 2 is 2.31 bits per heavy atom. The molecule has 1 saturated heterocycles. The second-order valence-electron chi connectivity index (χ2n) is 4.55. The van der Waals surface area contributed by atoms with Gasteiger partial charge in [-0.1, -0.05) is 18.2 Å². The minimum atomic E-state index is 0.486. The fourth-order valence-corrected chi connectivity index (χ4v) is 2.60. The van der Waals surface area contributed by atoms with Crippen molar-refractivity contribution in [3.05, 3.63) is 29.8 Å². The number of rotatable bonds is 2. The van der Waals surface area contributed by atoms with E-state index in [4.69, 9.17) is 4.74 Å². The molecule has 0 bridgehead atoms. The summed E-state index contributed by atoms with van der Waals surface area (Å²) in [4.78, 5) is 2.47. The van der Waals surface area contributed by atoms with Gasteiger partial charge < -0.3 is 15.0 Å². The quantitative estimate of drug-likeness (QED) is 0.802. The van der Waals surface area contributed by atoms with E-state index in [1.165, 1.54) is 17.7 Å². The number of ether oxygens (including phenoxy) is 1. The number of fused-ring (bicyclic) bond motifs is 1. The average Bonchev–Trinajstić information content (AvgIpc) is 2.74. The average molecular weight is 218 g/mol.